The van der Waals surface area contributed by atoms with Crippen molar-refractivity contribution in [2.75, 3.05) is 46.3 Å². The Balaban J connectivity index is 1.45. The average molecular weight is 365 g/mol. The number of fused-ring (bicyclic) bond motifs is 1. The van der Waals surface area contributed by atoms with Gasteiger partial charge in [-0.3, -0.25) is 9.69 Å². The first-order chi connectivity index (χ1) is 13.2. The zero-order valence-corrected chi connectivity index (χ0v) is 15.9. The van der Waals surface area contributed by atoms with Crippen molar-refractivity contribution >= 4 is 5.91 Å². The fourth-order valence-corrected chi connectivity index (χ4v) is 3.97. The van der Waals surface area contributed by atoms with Crippen molar-refractivity contribution in [2.45, 2.75) is 12.6 Å². The fraction of sp³-hybridized carbons (Fsp3) is 0.409. The Morgan fingerprint density at radius 2 is 1.70 bits per heavy atom. The van der Waals surface area contributed by atoms with E-state index < -0.39 is 0 Å². The van der Waals surface area contributed by atoms with E-state index in [-0.39, 0.29) is 5.91 Å². The minimum absolute atomic E-state index is 0.0755. The number of nitrogens with zero attached hydrogens (tertiary/aromatic N) is 3. The molecule has 5 heteroatoms. The number of para-hydroxylation sites is 1. The number of hydrogen-bond donors (Lipinski definition) is 0. The van der Waals surface area contributed by atoms with Gasteiger partial charge in [0, 0.05) is 45.3 Å². The third-order valence-corrected chi connectivity index (χ3v) is 5.54. The first-order valence-corrected chi connectivity index (χ1v) is 9.68. The monoisotopic (exact) mass is 365 g/mol. The molecule has 1 amide bonds. The van der Waals surface area contributed by atoms with Gasteiger partial charge in [-0.25, -0.2) is 0 Å². The molecule has 5 nitrogen and oxygen atoms in total. The van der Waals surface area contributed by atoms with Crippen molar-refractivity contribution in [3.8, 4) is 5.75 Å². The summed E-state index contributed by atoms with van der Waals surface area (Å²) in [4.78, 5) is 20.1. The van der Waals surface area contributed by atoms with E-state index in [4.69, 9.17) is 4.74 Å². The summed E-state index contributed by atoms with van der Waals surface area (Å²) in [7, 11) is 2.16. The highest BCUT2D eigenvalue weighted by Crippen LogP contribution is 2.23. The highest BCUT2D eigenvalue weighted by molar-refractivity contribution is 5.97. The smallest absolute Gasteiger partial charge is 0.257 e. The summed E-state index contributed by atoms with van der Waals surface area (Å²) in [5, 5.41) is 0. The molecule has 0 radical (unpaired) electrons. The lowest BCUT2D eigenvalue weighted by atomic mass is 10.1. The topological polar surface area (TPSA) is 36.0 Å². The van der Waals surface area contributed by atoms with E-state index in [1.54, 1.807) is 0 Å². The lowest BCUT2D eigenvalue weighted by Gasteiger charge is -2.46. The highest BCUT2D eigenvalue weighted by atomic mass is 16.5. The third kappa shape index (κ3) is 4.15. The summed E-state index contributed by atoms with van der Waals surface area (Å²) in [6.07, 6.45) is 0. The molecule has 0 spiro atoms. The van der Waals surface area contributed by atoms with E-state index in [2.05, 4.69) is 16.8 Å². The number of carbonyl (C=O) groups excluding carboxylic acids is 1. The Hall–Kier alpha value is -2.37. The predicted molar refractivity (Wildman–Crippen MR) is 106 cm³/mol. The standard InChI is InChI=1S/C22H27N3O2/c1-23-11-12-24-13-14-25(16-19(24)15-23)22(26)20-9-5-6-10-21(20)27-17-18-7-3-2-4-8-18/h2-10,19H,11-17H2,1H3/t19-/m0/s1. The van der Waals surface area contributed by atoms with Crippen molar-refractivity contribution in [3.05, 3.63) is 65.7 Å². The van der Waals surface area contributed by atoms with E-state index in [0.29, 0.717) is 24.0 Å². The van der Waals surface area contributed by atoms with Crippen LogP contribution in [0.2, 0.25) is 0 Å². The third-order valence-electron chi connectivity index (χ3n) is 5.54. The second-order valence-corrected chi connectivity index (χ2v) is 7.47. The van der Waals surface area contributed by atoms with Gasteiger partial charge in [0.05, 0.1) is 5.56 Å². The van der Waals surface area contributed by atoms with Crippen LogP contribution < -0.4 is 4.74 Å². The van der Waals surface area contributed by atoms with E-state index in [9.17, 15) is 4.79 Å². The summed E-state index contributed by atoms with van der Waals surface area (Å²) in [5.74, 6) is 0.737. The number of likely N-dealkylation sites (N-methyl/N-ethyl adjacent to an activating group) is 1. The number of amides is 1. The molecule has 0 N–H and O–H groups in total. The molecule has 2 aromatic carbocycles. The quantitative estimate of drug-likeness (QED) is 0.833. The van der Waals surface area contributed by atoms with Gasteiger partial charge in [-0.15, -0.1) is 0 Å². The van der Waals surface area contributed by atoms with Gasteiger partial charge in [0.15, 0.2) is 0 Å². The zero-order valence-electron chi connectivity index (χ0n) is 15.9. The molecule has 0 bridgehead atoms. The van der Waals surface area contributed by atoms with Gasteiger partial charge >= 0.3 is 0 Å². The Kier molecular flexibility index (Phi) is 5.41. The Labute approximate surface area is 161 Å². The number of rotatable bonds is 4. The van der Waals surface area contributed by atoms with Gasteiger partial charge < -0.3 is 14.5 Å². The molecule has 2 aliphatic heterocycles. The maximum Gasteiger partial charge on any atom is 0.257 e. The molecule has 0 aliphatic carbocycles. The van der Waals surface area contributed by atoms with Crippen LogP contribution in [0.25, 0.3) is 0 Å². The van der Waals surface area contributed by atoms with Crippen molar-refractivity contribution in [1.82, 2.24) is 14.7 Å². The molecule has 4 rings (SSSR count). The molecule has 2 aromatic rings. The molecule has 27 heavy (non-hydrogen) atoms. The minimum atomic E-state index is 0.0755. The van der Waals surface area contributed by atoms with Crippen molar-refractivity contribution in [1.29, 1.82) is 0 Å². The van der Waals surface area contributed by atoms with Gasteiger partial charge in [0.25, 0.3) is 5.91 Å². The van der Waals surface area contributed by atoms with Crippen LogP contribution in [0.4, 0.5) is 0 Å². The lowest BCUT2D eigenvalue weighted by Crippen LogP contribution is -2.62. The van der Waals surface area contributed by atoms with Crippen LogP contribution in [0.1, 0.15) is 15.9 Å². The van der Waals surface area contributed by atoms with E-state index in [1.165, 1.54) is 0 Å². The SMILES string of the molecule is CN1CCN2CCN(C(=O)c3ccccc3OCc3ccccc3)C[C@@H]2C1. The number of carbonyl (C=O) groups is 1. The Morgan fingerprint density at radius 3 is 2.56 bits per heavy atom. The number of benzene rings is 2. The zero-order chi connectivity index (χ0) is 18.6. The van der Waals surface area contributed by atoms with Gasteiger partial charge in [0.2, 0.25) is 0 Å². The Morgan fingerprint density at radius 1 is 0.963 bits per heavy atom. The summed E-state index contributed by atoms with van der Waals surface area (Å²) in [6, 6.07) is 18.1. The van der Waals surface area contributed by atoms with E-state index in [0.717, 1.165) is 44.8 Å². The van der Waals surface area contributed by atoms with Crippen LogP contribution in [-0.4, -0.2) is 73.0 Å². The summed E-state index contributed by atoms with van der Waals surface area (Å²) in [5.41, 5.74) is 1.75. The van der Waals surface area contributed by atoms with Gasteiger partial charge in [-0.05, 0) is 24.7 Å². The summed E-state index contributed by atoms with van der Waals surface area (Å²) >= 11 is 0. The van der Waals surface area contributed by atoms with E-state index >= 15 is 0 Å². The average Bonchev–Trinajstić information content (AvgIpc) is 2.72. The molecule has 1 atom stereocenters. The first-order valence-electron chi connectivity index (χ1n) is 9.68. The van der Waals surface area contributed by atoms with Crippen LogP contribution in [0.5, 0.6) is 5.75 Å². The maximum absolute atomic E-state index is 13.2. The summed E-state index contributed by atoms with van der Waals surface area (Å²) in [6.45, 7) is 6.22. The largest absolute Gasteiger partial charge is 0.488 e. The second kappa shape index (κ2) is 8.11. The Bertz CT molecular complexity index is 780. The molecule has 2 heterocycles. The normalized spacial score (nSPS) is 20.9. The first kappa shape index (κ1) is 18.0. The molecule has 0 saturated carbocycles. The molecule has 142 valence electrons. The minimum Gasteiger partial charge on any atom is -0.488 e. The number of piperazine rings is 2. The van der Waals surface area contributed by atoms with Gasteiger partial charge in [-0.1, -0.05) is 42.5 Å². The van der Waals surface area contributed by atoms with Crippen LogP contribution in [0, 0.1) is 0 Å². The molecule has 0 unspecified atom stereocenters. The van der Waals surface area contributed by atoms with Gasteiger partial charge in [-0.2, -0.15) is 0 Å². The molecular weight excluding hydrogens is 338 g/mol. The lowest BCUT2D eigenvalue weighted by molar-refractivity contribution is 0.0188. The number of hydrogen-bond acceptors (Lipinski definition) is 4. The van der Waals surface area contributed by atoms with Crippen molar-refractivity contribution in [3.63, 3.8) is 0 Å². The predicted octanol–water partition coefficient (Wildman–Crippen LogP) is 2.34. The molecule has 2 aliphatic rings. The fourth-order valence-electron chi connectivity index (χ4n) is 3.97. The molecule has 2 fully saturated rings. The number of ether oxygens (including phenoxy) is 1. The van der Waals surface area contributed by atoms with Crippen LogP contribution in [0.3, 0.4) is 0 Å². The van der Waals surface area contributed by atoms with Gasteiger partial charge in [0.1, 0.15) is 12.4 Å². The van der Waals surface area contributed by atoms with Crippen molar-refractivity contribution < 1.29 is 9.53 Å². The second-order valence-electron chi connectivity index (χ2n) is 7.47. The van der Waals surface area contributed by atoms with E-state index in [1.807, 2.05) is 59.5 Å². The maximum atomic E-state index is 13.2. The van der Waals surface area contributed by atoms with Crippen LogP contribution >= 0.6 is 0 Å². The van der Waals surface area contributed by atoms with Crippen LogP contribution in [0.15, 0.2) is 54.6 Å². The highest BCUT2D eigenvalue weighted by Gasteiger charge is 2.33. The van der Waals surface area contributed by atoms with Crippen molar-refractivity contribution in [2.24, 2.45) is 0 Å². The van der Waals surface area contributed by atoms with Crippen LogP contribution in [-0.2, 0) is 6.61 Å². The molecule has 0 aromatic heterocycles. The molecular formula is C22H27N3O2. The summed E-state index contributed by atoms with van der Waals surface area (Å²) < 4.78 is 5.99. The molecule has 2 saturated heterocycles.